The average molecular weight is 251 g/mol. The van der Waals surface area contributed by atoms with Gasteiger partial charge in [0.25, 0.3) is 0 Å². The first-order valence-electron chi connectivity index (χ1n) is 6.52. The zero-order chi connectivity index (χ0) is 12.6. The number of nitrogens with two attached hydrogens (primary N) is 1. The number of ether oxygens (including phenoxy) is 3. The Morgan fingerprint density at radius 1 is 1.17 bits per heavy atom. The van der Waals surface area contributed by atoms with Crippen LogP contribution in [0.4, 0.5) is 5.69 Å². The van der Waals surface area contributed by atoms with Gasteiger partial charge in [0.05, 0.1) is 19.3 Å². The van der Waals surface area contributed by atoms with E-state index in [-0.39, 0.29) is 6.10 Å². The van der Waals surface area contributed by atoms with E-state index in [0.717, 1.165) is 24.5 Å². The predicted molar refractivity (Wildman–Crippen MR) is 70.8 cm³/mol. The van der Waals surface area contributed by atoms with E-state index in [1.165, 1.54) is 12.8 Å². The Kier molecular flexibility index (Phi) is 5.30. The number of hydrogen-bond donors (Lipinski definition) is 1. The minimum atomic E-state index is 0.273. The van der Waals surface area contributed by atoms with E-state index in [9.17, 15) is 0 Å². The summed E-state index contributed by atoms with van der Waals surface area (Å²) in [6.07, 6.45) is 3.81. The normalized spacial score (nSPS) is 19.7. The maximum Gasteiger partial charge on any atom is 0.119 e. The first-order chi connectivity index (χ1) is 8.84. The van der Waals surface area contributed by atoms with E-state index < -0.39 is 0 Å². The Bertz CT molecular complexity index is 333. The molecule has 1 saturated heterocycles. The highest BCUT2D eigenvalue weighted by molar-refractivity contribution is 5.41. The van der Waals surface area contributed by atoms with Gasteiger partial charge in [0.15, 0.2) is 0 Å². The van der Waals surface area contributed by atoms with Gasteiger partial charge in [-0.3, -0.25) is 0 Å². The van der Waals surface area contributed by atoms with E-state index in [1.807, 2.05) is 24.3 Å². The maximum atomic E-state index is 5.59. The summed E-state index contributed by atoms with van der Waals surface area (Å²) in [4.78, 5) is 0. The molecule has 4 heteroatoms. The SMILES string of the molecule is Nc1ccc(OCCOCC2CCCCO2)cc1. The quantitative estimate of drug-likeness (QED) is 0.622. The van der Waals surface area contributed by atoms with Gasteiger partial charge in [-0.05, 0) is 43.5 Å². The molecule has 1 heterocycles. The summed E-state index contributed by atoms with van der Waals surface area (Å²) in [6.45, 7) is 2.68. The van der Waals surface area contributed by atoms with Crippen LogP contribution in [0.1, 0.15) is 19.3 Å². The van der Waals surface area contributed by atoms with Crippen LogP contribution in [0.5, 0.6) is 5.75 Å². The van der Waals surface area contributed by atoms with Crippen molar-refractivity contribution in [1.29, 1.82) is 0 Å². The minimum Gasteiger partial charge on any atom is -0.491 e. The summed E-state index contributed by atoms with van der Waals surface area (Å²) in [6, 6.07) is 7.37. The molecule has 0 aromatic heterocycles. The molecule has 1 aliphatic heterocycles. The van der Waals surface area contributed by atoms with Crippen LogP contribution < -0.4 is 10.5 Å². The monoisotopic (exact) mass is 251 g/mol. The van der Waals surface area contributed by atoms with Gasteiger partial charge in [-0.1, -0.05) is 0 Å². The fourth-order valence-electron chi connectivity index (χ4n) is 1.94. The summed E-state index contributed by atoms with van der Waals surface area (Å²) in [7, 11) is 0. The van der Waals surface area contributed by atoms with Crippen LogP contribution in [0.3, 0.4) is 0 Å². The lowest BCUT2D eigenvalue weighted by atomic mass is 10.1. The van der Waals surface area contributed by atoms with Crippen LogP contribution in [0.2, 0.25) is 0 Å². The topological polar surface area (TPSA) is 53.7 Å². The molecule has 0 aliphatic carbocycles. The van der Waals surface area contributed by atoms with E-state index in [2.05, 4.69) is 0 Å². The second-order valence-electron chi connectivity index (χ2n) is 4.48. The molecule has 2 N–H and O–H groups in total. The van der Waals surface area contributed by atoms with Crippen LogP contribution in [0, 0.1) is 0 Å². The Labute approximate surface area is 108 Å². The van der Waals surface area contributed by atoms with Crippen LogP contribution >= 0.6 is 0 Å². The molecule has 0 saturated carbocycles. The number of nitrogen functional groups attached to an aromatic ring is 1. The third-order valence-electron chi connectivity index (χ3n) is 2.95. The molecule has 2 rings (SSSR count). The summed E-state index contributed by atoms with van der Waals surface area (Å²) in [5, 5.41) is 0. The molecular weight excluding hydrogens is 230 g/mol. The highest BCUT2D eigenvalue weighted by Gasteiger charge is 2.13. The van der Waals surface area contributed by atoms with Crippen LogP contribution in [0.25, 0.3) is 0 Å². The fraction of sp³-hybridized carbons (Fsp3) is 0.571. The zero-order valence-corrected chi connectivity index (χ0v) is 10.6. The lowest BCUT2D eigenvalue weighted by molar-refractivity contribution is -0.0444. The smallest absolute Gasteiger partial charge is 0.119 e. The number of anilines is 1. The molecule has 1 aromatic carbocycles. The van der Waals surface area contributed by atoms with Crippen LogP contribution in [-0.2, 0) is 9.47 Å². The molecule has 1 fully saturated rings. The predicted octanol–water partition coefficient (Wildman–Crippen LogP) is 2.23. The Hall–Kier alpha value is -1.26. The van der Waals surface area contributed by atoms with Crippen LogP contribution in [0.15, 0.2) is 24.3 Å². The van der Waals surface area contributed by atoms with Gasteiger partial charge in [-0.25, -0.2) is 0 Å². The van der Waals surface area contributed by atoms with E-state index >= 15 is 0 Å². The van der Waals surface area contributed by atoms with Crippen molar-refractivity contribution in [2.45, 2.75) is 25.4 Å². The Morgan fingerprint density at radius 2 is 2.00 bits per heavy atom. The molecular formula is C14H21NO3. The van der Waals surface area contributed by atoms with E-state index in [4.69, 9.17) is 19.9 Å². The number of benzene rings is 1. The highest BCUT2D eigenvalue weighted by Crippen LogP contribution is 2.14. The third kappa shape index (κ3) is 4.55. The van der Waals surface area contributed by atoms with Gasteiger partial charge in [0, 0.05) is 12.3 Å². The summed E-state index contributed by atoms with van der Waals surface area (Å²) in [5.74, 6) is 0.821. The average Bonchev–Trinajstić information content (AvgIpc) is 2.42. The van der Waals surface area contributed by atoms with Gasteiger partial charge in [-0.15, -0.1) is 0 Å². The number of rotatable bonds is 6. The van der Waals surface area contributed by atoms with Crippen molar-refractivity contribution >= 4 is 5.69 Å². The summed E-state index contributed by atoms with van der Waals surface area (Å²) >= 11 is 0. The lowest BCUT2D eigenvalue weighted by Crippen LogP contribution is -2.25. The molecule has 0 bridgehead atoms. The molecule has 4 nitrogen and oxygen atoms in total. The van der Waals surface area contributed by atoms with E-state index in [1.54, 1.807) is 0 Å². The Balaban J connectivity index is 1.54. The van der Waals surface area contributed by atoms with Gasteiger partial charge >= 0.3 is 0 Å². The van der Waals surface area contributed by atoms with Gasteiger partial charge in [0.1, 0.15) is 12.4 Å². The highest BCUT2D eigenvalue weighted by atomic mass is 16.5. The molecule has 1 unspecified atom stereocenters. The van der Waals surface area contributed by atoms with Gasteiger partial charge < -0.3 is 19.9 Å². The van der Waals surface area contributed by atoms with Crippen molar-refractivity contribution in [3.63, 3.8) is 0 Å². The summed E-state index contributed by atoms with van der Waals surface area (Å²) < 4.78 is 16.6. The molecule has 0 amide bonds. The first kappa shape index (κ1) is 13.2. The van der Waals surface area contributed by atoms with Crippen molar-refractivity contribution in [3.05, 3.63) is 24.3 Å². The van der Waals surface area contributed by atoms with E-state index in [0.29, 0.717) is 19.8 Å². The second-order valence-corrected chi connectivity index (χ2v) is 4.48. The standard InChI is InChI=1S/C14H21NO3/c15-12-4-6-13(7-5-12)18-10-9-16-11-14-3-1-2-8-17-14/h4-7,14H,1-3,8-11,15H2. The molecule has 1 atom stereocenters. The van der Waals surface area contributed by atoms with Crippen LogP contribution in [-0.4, -0.2) is 32.5 Å². The minimum absolute atomic E-state index is 0.273. The van der Waals surface area contributed by atoms with Crippen molar-refractivity contribution in [2.24, 2.45) is 0 Å². The molecule has 1 aromatic rings. The number of hydrogen-bond acceptors (Lipinski definition) is 4. The molecule has 0 spiro atoms. The van der Waals surface area contributed by atoms with Crippen molar-refractivity contribution in [2.75, 3.05) is 32.2 Å². The maximum absolute atomic E-state index is 5.59. The first-order valence-corrected chi connectivity index (χ1v) is 6.52. The molecule has 18 heavy (non-hydrogen) atoms. The van der Waals surface area contributed by atoms with Gasteiger partial charge in [-0.2, -0.15) is 0 Å². The lowest BCUT2D eigenvalue weighted by Gasteiger charge is -2.22. The Morgan fingerprint density at radius 3 is 2.72 bits per heavy atom. The van der Waals surface area contributed by atoms with Crippen molar-refractivity contribution in [1.82, 2.24) is 0 Å². The molecule has 1 aliphatic rings. The van der Waals surface area contributed by atoms with Crippen molar-refractivity contribution < 1.29 is 14.2 Å². The molecule has 100 valence electrons. The third-order valence-corrected chi connectivity index (χ3v) is 2.95. The summed E-state index contributed by atoms with van der Waals surface area (Å²) in [5.41, 5.74) is 6.34. The molecule has 0 radical (unpaired) electrons. The van der Waals surface area contributed by atoms with Crippen molar-refractivity contribution in [3.8, 4) is 5.75 Å². The largest absolute Gasteiger partial charge is 0.491 e. The second kappa shape index (κ2) is 7.24. The van der Waals surface area contributed by atoms with Gasteiger partial charge in [0.2, 0.25) is 0 Å². The fourth-order valence-corrected chi connectivity index (χ4v) is 1.94. The zero-order valence-electron chi connectivity index (χ0n) is 10.6.